The molecule has 1 saturated carbocycles. The highest BCUT2D eigenvalue weighted by atomic mass is 15.1. The molecule has 2 aliphatic carbocycles. The lowest BCUT2D eigenvalue weighted by Gasteiger charge is -2.33. The number of nitrogens with zero attached hydrogens (tertiary/aromatic N) is 1. The number of anilines is 3. The van der Waals surface area contributed by atoms with Gasteiger partial charge < -0.3 is 4.90 Å². The summed E-state index contributed by atoms with van der Waals surface area (Å²) in [7, 11) is 0. The van der Waals surface area contributed by atoms with Crippen molar-refractivity contribution in [2.75, 3.05) is 4.90 Å². The Kier molecular flexibility index (Phi) is 11.0. The molecule has 0 bridgehead atoms. The van der Waals surface area contributed by atoms with Crippen molar-refractivity contribution in [1.82, 2.24) is 0 Å². The highest BCUT2D eigenvalue weighted by Crippen LogP contribution is 2.55. The molecule has 0 N–H and O–H groups in total. The Hall–Kier alpha value is -4.88. The average molecular weight is 764 g/mol. The molecule has 6 aromatic carbocycles. The van der Waals surface area contributed by atoms with Gasteiger partial charge in [-0.1, -0.05) is 178 Å². The largest absolute Gasteiger partial charge is 0.310 e. The molecule has 0 amide bonds. The molecule has 0 saturated heterocycles. The Bertz CT molecular complexity index is 2320. The lowest BCUT2D eigenvalue weighted by molar-refractivity contribution is 0.436. The molecule has 1 heteroatoms. The van der Waals surface area contributed by atoms with Gasteiger partial charge in [-0.05, 0) is 146 Å². The van der Waals surface area contributed by atoms with Crippen molar-refractivity contribution in [1.29, 1.82) is 0 Å². The standard InChI is InChI=1S/C57H65N/c1-9-33-57(34-10-2)53-22-15-14-21-51(53)52-32-31-50(39-54(52)57)58(48-27-23-41(24-28-48)40-17-12-11-13-18-40)49-29-25-42(26-30-49)43-19-16-20-44(35-43)45-36-46(55(3,4)5)38-47(37-45)56(6,7)8/h14-16,19-32,35-40H,9-13,17-18,33-34H2,1-8H3. The Morgan fingerprint density at radius 1 is 0.483 bits per heavy atom. The van der Waals surface area contributed by atoms with Crippen LogP contribution in [-0.4, -0.2) is 0 Å². The summed E-state index contributed by atoms with van der Waals surface area (Å²) >= 11 is 0. The van der Waals surface area contributed by atoms with Crippen molar-refractivity contribution in [2.45, 2.75) is 135 Å². The zero-order valence-electron chi connectivity index (χ0n) is 36.6. The number of fused-ring (bicyclic) bond motifs is 3. The number of benzene rings is 6. The van der Waals surface area contributed by atoms with Crippen LogP contribution in [0.5, 0.6) is 0 Å². The molecule has 0 atom stereocenters. The van der Waals surface area contributed by atoms with Crippen molar-refractivity contribution in [2.24, 2.45) is 0 Å². The Morgan fingerprint density at radius 2 is 1.03 bits per heavy atom. The topological polar surface area (TPSA) is 3.24 Å². The summed E-state index contributed by atoms with van der Waals surface area (Å²) in [5, 5.41) is 0. The first-order chi connectivity index (χ1) is 27.9. The highest BCUT2D eigenvalue weighted by Gasteiger charge is 2.42. The first-order valence-corrected chi connectivity index (χ1v) is 22.4. The SMILES string of the molecule is CCCC1(CCC)c2ccccc2-c2ccc(N(c3ccc(-c4cccc(-c5cc(C(C)(C)C)cc(C(C)(C)C)c5)c4)cc3)c3ccc(C4CCCCC4)cc3)cc21. The van der Waals surface area contributed by atoms with Gasteiger partial charge in [-0.25, -0.2) is 0 Å². The van der Waals surface area contributed by atoms with E-state index in [4.69, 9.17) is 0 Å². The third-order valence-electron chi connectivity index (χ3n) is 13.4. The van der Waals surface area contributed by atoms with Gasteiger partial charge in [0.05, 0.1) is 0 Å². The van der Waals surface area contributed by atoms with Gasteiger partial charge in [0.25, 0.3) is 0 Å². The van der Waals surface area contributed by atoms with Crippen molar-refractivity contribution in [3.05, 3.63) is 161 Å². The summed E-state index contributed by atoms with van der Waals surface area (Å²) in [6.07, 6.45) is 11.4. The molecule has 8 rings (SSSR count). The molecule has 298 valence electrons. The predicted octanol–water partition coefficient (Wildman–Crippen LogP) is 17.0. The van der Waals surface area contributed by atoms with Crippen molar-refractivity contribution in [3.8, 4) is 33.4 Å². The second-order valence-electron chi connectivity index (χ2n) is 19.5. The van der Waals surface area contributed by atoms with Crippen LogP contribution in [0, 0.1) is 0 Å². The van der Waals surface area contributed by atoms with Crippen LogP contribution < -0.4 is 4.90 Å². The number of rotatable bonds is 10. The van der Waals surface area contributed by atoms with Gasteiger partial charge in [0.2, 0.25) is 0 Å². The number of hydrogen-bond acceptors (Lipinski definition) is 1. The van der Waals surface area contributed by atoms with Crippen LogP contribution in [0.4, 0.5) is 17.1 Å². The fraction of sp³-hybridized carbons (Fsp3) is 0.368. The maximum absolute atomic E-state index is 2.55. The van der Waals surface area contributed by atoms with E-state index in [1.165, 1.54) is 110 Å². The fourth-order valence-electron chi connectivity index (χ4n) is 10.2. The molecule has 2 aliphatic rings. The van der Waals surface area contributed by atoms with Crippen LogP contribution in [0.1, 0.15) is 147 Å². The summed E-state index contributed by atoms with van der Waals surface area (Å²) in [6.45, 7) is 18.6. The molecule has 0 radical (unpaired) electrons. The van der Waals surface area contributed by atoms with Crippen LogP contribution in [0.3, 0.4) is 0 Å². The second-order valence-corrected chi connectivity index (χ2v) is 19.5. The van der Waals surface area contributed by atoms with Crippen LogP contribution in [-0.2, 0) is 16.2 Å². The van der Waals surface area contributed by atoms with E-state index in [-0.39, 0.29) is 16.2 Å². The summed E-state index contributed by atoms with van der Waals surface area (Å²) in [6, 6.07) is 51.8. The van der Waals surface area contributed by atoms with Crippen LogP contribution in [0.2, 0.25) is 0 Å². The lowest BCUT2D eigenvalue weighted by atomic mass is 9.71. The van der Waals surface area contributed by atoms with Gasteiger partial charge in [-0.15, -0.1) is 0 Å². The minimum Gasteiger partial charge on any atom is -0.310 e. The smallest absolute Gasteiger partial charge is 0.0465 e. The monoisotopic (exact) mass is 764 g/mol. The van der Waals surface area contributed by atoms with E-state index in [0.29, 0.717) is 5.92 Å². The first kappa shape index (κ1) is 39.9. The molecule has 0 spiro atoms. The van der Waals surface area contributed by atoms with E-state index < -0.39 is 0 Å². The van der Waals surface area contributed by atoms with E-state index in [0.717, 1.165) is 25.7 Å². The molecule has 0 unspecified atom stereocenters. The quantitative estimate of drug-likeness (QED) is 0.134. The van der Waals surface area contributed by atoms with Crippen molar-refractivity contribution in [3.63, 3.8) is 0 Å². The zero-order chi connectivity index (χ0) is 40.7. The van der Waals surface area contributed by atoms with Crippen LogP contribution in [0.15, 0.2) is 133 Å². The van der Waals surface area contributed by atoms with E-state index in [1.54, 1.807) is 0 Å². The number of hydrogen-bond donors (Lipinski definition) is 0. The van der Waals surface area contributed by atoms with Crippen LogP contribution in [0.25, 0.3) is 33.4 Å². The maximum atomic E-state index is 2.55. The van der Waals surface area contributed by atoms with E-state index in [2.05, 4.69) is 194 Å². The van der Waals surface area contributed by atoms with E-state index in [9.17, 15) is 0 Å². The maximum Gasteiger partial charge on any atom is 0.0465 e. The van der Waals surface area contributed by atoms with Gasteiger partial charge in [0.1, 0.15) is 0 Å². The minimum absolute atomic E-state index is 0.0386. The summed E-state index contributed by atoms with van der Waals surface area (Å²) in [5.41, 5.74) is 18.9. The summed E-state index contributed by atoms with van der Waals surface area (Å²) in [4.78, 5) is 2.50. The molecule has 1 fully saturated rings. The predicted molar refractivity (Wildman–Crippen MR) is 251 cm³/mol. The molecule has 0 aliphatic heterocycles. The third-order valence-corrected chi connectivity index (χ3v) is 13.4. The average Bonchev–Trinajstić information content (AvgIpc) is 3.49. The molecule has 1 nitrogen and oxygen atoms in total. The molecule has 58 heavy (non-hydrogen) atoms. The summed E-state index contributed by atoms with van der Waals surface area (Å²) in [5.74, 6) is 0.685. The van der Waals surface area contributed by atoms with Gasteiger partial charge in [-0.2, -0.15) is 0 Å². The fourth-order valence-corrected chi connectivity index (χ4v) is 10.2. The van der Waals surface area contributed by atoms with E-state index in [1.807, 2.05) is 0 Å². The Labute approximate surface area is 350 Å². The zero-order valence-corrected chi connectivity index (χ0v) is 36.6. The highest BCUT2D eigenvalue weighted by molar-refractivity contribution is 5.86. The van der Waals surface area contributed by atoms with Crippen molar-refractivity contribution < 1.29 is 0 Å². The lowest BCUT2D eigenvalue weighted by Crippen LogP contribution is -2.25. The molecule has 0 aromatic heterocycles. The molecular formula is C57H65N. The molecule has 0 heterocycles. The van der Waals surface area contributed by atoms with Gasteiger partial charge in [0.15, 0.2) is 0 Å². The molecule has 6 aromatic rings. The van der Waals surface area contributed by atoms with Gasteiger partial charge in [-0.3, -0.25) is 0 Å². The third kappa shape index (κ3) is 7.70. The van der Waals surface area contributed by atoms with Crippen molar-refractivity contribution >= 4 is 17.1 Å². The first-order valence-electron chi connectivity index (χ1n) is 22.4. The normalized spacial score (nSPS) is 15.2. The minimum atomic E-state index is 0.0386. The van der Waals surface area contributed by atoms with E-state index >= 15 is 0 Å². The molecular weight excluding hydrogens is 699 g/mol. The van der Waals surface area contributed by atoms with Gasteiger partial charge in [0, 0.05) is 22.5 Å². The van der Waals surface area contributed by atoms with Crippen LogP contribution >= 0.6 is 0 Å². The Morgan fingerprint density at radius 3 is 1.64 bits per heavy atom. The second kappa shape index (κ2) is 16.1. The summed E-state index contributed by atoms with van der Waals surface area (Å²) < 4.78 is 0. The van der Waals surface area contributed by atoms with Gasteiger partial charge >= 0.3 is 0 Å². The Balaban J connectivity index is 1.20.